The van der Waals surface area contributed by atoms with E-state index in [-0.39, 0.29) is 18.1 Å². The van der Waals surface area contributed by atoms with Crippen molar-refractivity contribution < 1.29 is 4.42 Å². The molecule has 1 fully saturated rings. The van der Waals surface area contributed by atoms with Gasteiger partial charge in [-0.25, -0.2) is 0 Å². The average molecular weight is 430 g/mol. The number of thiocarbonyl (C=S) groups is 1. The van der Waals surface area contributed by atoms with Gasteiger partial charge in [0.05, 0.1) is 11.7 Å². The number of benzene rings is 1. The normalized spacial score (nSPS) is 19.3. The number of halogens is 1. The van der Waals surface area contributed by atoms with Crippen LogP contribution in [0.3, 0.4) is 0 Å². The van der Waals surface area contributed by atoms with Crippen LogP contribution < -0.4 is 5.32 Å². The van der Waals surface area contributed by atoms with Gasteiger partial charge in [-0.15, -0.1) is 0 Å². The minimum Gasteiger partial charge on any atom is -0.452 e. The second-order valence-corrected chi connectivity index (χ2v) is 8.74. The Labute approximate surface area is 179 Å². The number of hydrogen-bond donors (Lipinski definition) is 1. The van der Waals surface area contributed by atoms with E-state index in [0.717, 1.165) is 31.6 Å². The van der Waals surface area contributed by atoms with Gasteiger partial charge in [0.15, 0.2) is 10.2 Å². The molecule has 28 heavy (non-hydrogen) atoms. The van der Waals surface area contributed by atoms with Crippen molar-refractivity contribution in [3.8, 4) is 0 Å². The summed E-state index contributed by atoms with van der Waals surface area (Å²) in [7, 11) is 0. The van der Waals surface area contributed by atoms with Crippen molar-refractivity contribution in [1.29, 1.82) is 0 Å². The van der Waals surface area contributed by atoms with Gasteiger partial charge in [-0.2, -0.15) is 0 Å². The Bertz CT molecular complexity index is 959. The zero-order valence-corrected chi connectivity index (χ0v) is 17.9. The standard InChI is InChI=1S/C21H20ClN3OS2/c1-13(2)25-20(19(24-21(25)27)16-5-3-4-12-23-16)17-10-11-18(26-17)28-15-8-6-14(22)7-9-15/h3-13,19-20H,1-2H3,(H,24,27)/t19-,20-/m1/s1. The van der Waals surface area contributed by atoms with Gasteiger partial charge < -0.3 is 14.6 Å². The number of pyridine rings is 1. The number of hydrogen-bond acceptors (Lipinski definition) is 4. The van der Waals surface area contributed by atoms with Gasteiger partial charge in [-0.1, -0.05) is 29.4 Å². The lowest BCUT2D eigenvalue weighted by Gasteiger charge is -2.29. The van der Waals surface area contributed by atoms with E-state index in [2.05, 4.69) is 29.0 Å². The van der Waals surface area contributed by atoms with Crippen molar-refractivity contribution in [3.63, 3.8) is 0 Å². The van der Waals surface area contributed by atoms with Gasteiger partial charge in [0, 0.05) is 22.2 Å². The van der Waals surface area contributed by atoms with Crippen LogP contribution in [0.25, 0.3) is 0 Å². The summed E-state index contributed by atoms with van der Waals surface area (Å²) >= 11 is 13.2. The molecule has 1 saturated heterocycles. The van der Waals surface area contributed by atoms with Gasteiger partial charge in [0.25, 0.3) is 0 Å². The maximum absolute atomic E-state index is 6.24. The predicted molar refractivity (Wildman–Crippen MR) is 117 cm³/mol. The molecule has 0 saturated carbocycles. The SMILES string of the molecule is CC(C)N1C(=S)N[C@H](c2ccccn2)[C@H]1c1ccc(Sc2ccc(Cl)cc2)o1. The lowest BCUT2D eigenvalue weighted by atomic mass is 10.0. The topological polar surface area (TPSA) is 41.3 Å². The maximum atomic E-state index is 6.24. The molecule has 2 aromatic heterocycles. The van der Waals surface area contributed by atoms with Gasteiger partial charge >= 0.3 is 0 Å². The van der Waals surface area contributed by atoms with E-state index in [9.17, 15) is 0 Å². The zero-order valence-electron chi connectivity index (χ0n) is 15.5. The summed E-state index contributed by atoms with van der Waals surface area (Å²) in [4.78, 5) is 7.80. The highest BCUT2D eigenvalue weighted by Crippen LogP contribution is 2.42. The summed E-state index contributed by atoms with van der Waals surface area (Å²) in [6, 6.07) is 17.8. The quantitative estimate of drug-likeness (QED) is 0.512. The molecule has 0 radical (unpaired) electrons. The van der Waals surface area contributed by atoms with Crippen LogP contribution in [-0.2, 0) is 0 Å². The summed E-state index contributed by atoms with van der Waals surface area (Å²) in [6.07, 6.45) is 1.80. The first-order valence-corrected chi connectivity index (χ1v) is 10.7. The van der Waals surface area contributed by atoms with E-state index in [1.807, 2.05) is 54.6 Å². The number of nitrogens with one attached hydrogen (secondary N) is 1. The molecule has 144 valence electrons. The van der Waals surface area contributed by atoms with Crippen molar-refractivity contribution in [2.45, 2.75) is 42.0 Å². The fourth-order valence-electron chi connectivity index (χ4n) is 3.39. The molecule has 1 aliphatic rings. The van der Waals surface area contributed by atoms with Crippen molar-refractivity contribution >= 4 is 40.7 Å². The van der Waals surface area contributed by atoms with Gasteiger partial charge in [-0.3, -0.25) is 4.98 Å². The molecule has 0 aliphatic carbocycles. The molecule has 2 atom stereocenters. The first kappa shape index (κ1) is 19.3. The van der Waals surface area contributed by atoms with Gasteiger partial charge in [0.1, 0.15) is 11.8 Å². The largest absolute Gasteiger partial charge is 0.452 e. The van der Waals surface area contributed by atoms with E-state index < -0.39 is 0 Å². The second-order valence-electron chi connectivity index (χ2n) is 6.84. The number of rotatable bonds is 5. The molecule has 7 heteroatoms. The smallest absolute Gasteiger partial charge is 0.170 e. The molecular weight excluding hydrogens is 410 g/mol. The second kappa shape index (κ2) is 8.15. The maximum Gasteiger partial charge on any atom is 0.170 e. The monoisotopic (exact) mass is 429 g/mol. The summed E-state index contributed by atoms with van der Waals surface area (Å²) < 4.78 is 6.24. The van der Waals surface area contributed by atoms with Crippen molar-refractivity contribution in [3.05, 3.63) is 77.3 Å². The molecule has 3 aromatic rings. The Kier molecular flexibility index (Phi) is 5.62. The van der Waals surface area contributed by atoms with Crippen molar-refractivity contribution in [1.82, 2.24) is 15.2 Å². The van der Waals surface area contributed by atoms with Gasteiger partial charge in [0.2, 0.25) is 0 Å². The third kappa shape index (κ3) is 3.90. The fourth-order valence-corrected chi connectivity index (χ4v) is 4.75. The molecule has 0 unspecified atom stereocenters. The van der Waals surface area contributed by atoms with E-state index in [0.29, 0.717) is 0 Å². The Morgan fingerprint density at radius 3 is 2.61 bits per heavy atom. The highest BCUT2D eigenvalue weighted by Gasteiger charge is 2.42. The lowest BCUT2D eigenvalue weighted by molar-refractivity contribution is 0.227. The lowest BCUT2D eigenvalue weighted by Crippen LogP contribution is -2.35. The molecule has 1 aliphatic heterocycles. The highest BCUT2D eigenvalue weighted by molar-refractivity contribution is 7.99. The summed E-state index contributed by atoms with van der Waals surface area (Å²) in [6.45, 7) is 4.27. The molecular formula is C21H20ClN3OS2. The zero-order chi connectivity index (χ0) is 19.7. The van der Waals surface area contributed by atoms with E-state index in [1.54, 1.807) is 18.0 Å². The number of nitrogens with zero attached hydrogens (tertiary/aromatic N) is 2. The number of aromatic nitrogens is 1. The minimum atomic E-state index is -0.0596. The molecule has 3 heterocycles. The Morgan fingerprint density at radius 2 is 1.93 bits per heavy atom. The molecule has 0 bridgehead atoms. The highest BCUT2D eigenvalue weighted by atomic mass is 35.5. The van der Waals surface area contributed by atoms with Crippen LogP contribution in [0.1, 0.15) is 37.4 Å². The Morgan fingerprint density at radius 1 is 1.14 bits per heavy atom. The third-order valence-electron chi connectivity index (χ3n) is 4.62. The first-order chi connectivity index (χ1) is 13.5. The van der Waals surface area contributed by atoms with E-state index in [1.165, 1.54) is 0 Å². The van der Waals surface area contributed by atoms with Crippen LogP contribution >= 0.6 is 35.6 Å². The third-order valence-corrected chi connectivity index (χ3v) is 6.13. The van der Waals surface area contributed by atoms with Crippen LogP contribution in [0.15, 0.2) is 75.2 Å². The first-order valence-electron chi connectivity index (χ1n) is 9.06. The molecule has 1 N–H and O–H groups in total. The van der Waals surface area contributed by atoms with E-state index in [4.69, 9.17) is 28.2 Å². The Hall–Kier alpha value is -2.02. The number of furan rings is 1. The fraction of sp³-hybridized carbons (Fsp3) is 0.238. The van der Waals surface area contributed by atoms with Crippen LogP contribution in [0.2, 0.25) is 5.02 Å². The average Bonchev–Trinajstić information content (AvgIpc) is 3.28. The molecule has 0 spiro atoms. The summed E-state index contributed by atoms with van der Waals surface area (Å²) in [5, 5.41) is 5.71. The molecule has 1 aromatic carbocycles. The Balaban J connectivity index is 1.65. The van der Waals surface area contributed by atoms with Crippen molar-refractivity contribution in [2.24, 2.45) is 0 Å². The molecule has 4 nitrogen and oxygen atoms in total. The van der Waals surface area contributed by atoms with E-state index >= 15 is 0 Å². The van der Waals surface area contributed by atoms with Crippen molar-refractivity contribution in [2.75, 3.05) is 0 Å². The predicted octanol–water partition coefficient (Wildman–Crippen LogP) is 5.86. The van der Waals surface area contributed by atoms with Gasteiger partial charge in [-0.05, 0) is 74.6 Å². The molecule has 0 amide bonds. The van der Waals surface area contributed by atoms with Crippen LogP contribution in [-0.4, -0.2) is 21.0 Å². The van der Waals surface area contributed by atoms with Crippen LogP contribution in [0.5, 0.6) is 0 Å². The van der Waals surface area contributed by atoms with Crippen LogP contribution in [0, 0.1) is 0 Å². The summed E-state index contributed by atoms with van der Waals surface area (Å²) in [5.41, 5.74) is 0.946. The van der Waals surface area contributed by atoms with Crippen LogP contribution in [0.4, 0.5) is 0 Å². The minimum absolute atomic E-state index is 0.0537. The molecule has 4 rings (SSSR count). The summed E-state index contributed by atoms with van der Waals surface area (Å²) in [5.74, 6) is 0.869.